The van der Waals surface area contributed by atoms with E-state index in [4.69, 9.17) is 4.74 Å². The summed E-state index contributed by atoms with van der Waals surface area (Å²) in [5.41, 5.74) is 5.37. The van der Waals surface area contributed by atoms with Crippen LogP contribution in [0.15, 0.2) is 66.6 Å². The molecule has 31 heavy (non-hydrogen) atoms. The van der Waals surface area contributed by atoms with E-state index >= 15 is 0 Å². The molecule has 0 fully saturated rings. The van der Waals surface area contributed by atoms with Crippen LogP contribution in [0, 0.1) is 11.3 Å². The van der Waals surface area contributed by atoms with Crippen molar-refractivity contribution < 1.29 is 9.53 Å². The minimum absolute atomic E-state index is 0.0492. The fourth-order valence-electron chi connectivity index (χ4n) is 3.32. The van der Waals surface area contributed by atoms with Crippen molar-refractivity contribution in [3.8, 4) is 34.2 Å². The van der Waals surface area contributed by atoms with E-state index in [1.54, 1.807) is 25.6 Å². The number of H-pyrrole nitrogens is 1. The summed E-state index contributed by atoms with van der Waals surface area (Å²) in [7, 11) is 3.08. The van der Waals surface area contributed by atoms with E-state index in [1.807, 2.05) is 48.7 Å². The average Bonchev–Trinajstić information content (AvgIpc) is 3.25. The third kappa shape index (κ3) is 4.00. The van der Waals surface area contributed by atoms with Gasteiger partial charge in [-0.1, -0.05) is 18.2 Å². The Morgan fingerprint density at radius 3 is 2.68 bits per heavy atom. The Labute approximate surface area is 179 Å². The molecule has 0 saturated heterocycles. The Morgan fingerprint density at radius 1 is 1.13 bits per heavy atom. The number of likely N-dealkylation sites (N-methyl/N-ethyl adjacent to an activating group) is 1. The molecule has 4 aromatic rings. The van der Waals surface area contributed by atoms with Gasteiger partial charge in [0.1, 0.15) is 17.3 Å². The number of aromatic nitrogens is 3. The molecule has 0 aliphatic heterocycles. The molecule has 0 aliphatic rings. The summed E-state index contributed by atoms with van der Waals surface area (Å²) >= 11 is 0. The second-order valence-corrected chi connectivity index (χ2v) is 6.79. The van der Waals surface area contributed by atoms with Crippen LogP contribution in [0.3, 0.4) is 0 Å². The minimum Gasteiger partial charge on any atom is -0.481 e. The lowest BCUT2D eigenvalue weighted by Gasteiger charge is -2.06. The Bertz CT molecular complexity index is 1330. The second kappa shape index (κ2) is 8.51. The second-order valence-electron chi connectivity index (χ2n) is 6.79. The summed E-state index contributed by atoms with van der Waals surface area (Å²) in [5, 5.41) is 12.7. The van der Waals surface area contributed by atoms with Crippen molar-refractivity contribution in [1.29, 1.82) is 5.26 Å². The quantitative estimate of drug-likeness (QED) is 0.384. The van der Waals surface area contributed by atoms with E-state index in [-0.39, 0.29) is 5.57 Å². The summed E-state index contributed by atoms with van der Waals surface area (Å²) in [5.74, 6) is 0.141. The number of amides is 1. The SMILES string of the molecule is CNC(=O)/C(C#N)=C/c1cccc(-c2cnc3[nH]cc(-c4ccc(OC)nc4)c3c2)c1. The monoisotopic (exact) mass is 409 g/mol. The predicted molar refractivity (Wildman–Crippen MR) is 119 cm³/mol. The van der Waals surface area contributed by atoms with Crippen LogP contribution in [0.5, 0.6) is 5.88 Å². The molecule has 0 bridgehead atoms. The number of pyridine rings is 2. The van der Waals surface area contributed by atoms with Crippen molar-refractivity contribution in [2.24, 2.45) is 0 Å². The number of ether oxygens (including phenoxy) is 1. The maximum absolute atomic E-state index is 11.8. The molecular formula is C24H19N5O2. The normalized spacial score (nSPS) is 11.2. The topological polar surface area (TPSA) is 104 Å². The summed E-state index contributed by atoms with van der Waals surface area (Å²) in [6.07, 6.45) is 7.04. The molecule has 152 valence electrons. The van der Waals surface area contributed by atoms with Crippen LogP contribution in [0.4, 0.5) is 0 Å². The summed E-state index contributed by atoms with van der Waals surface area (Å²) < 4.78 is 5.14. The Balaban J connectivity index is 1.74. The number of methoxy groups -OCH3 is 1. The minimum atomic E-state index is -0.416. The third-order valence-electron chi connectivity index (χ3n) is 4.91. The number of rotatable bonds is 5. The zero-order valence-electron chi connectivity index (χ0n) is 17.0. The maximum atomic E-state index is 11.8. The van der Waals surface area contributed by atoms with Crippen LogP contribution in [0.25, 0.3) is 39.4 Å². The van der Waals surface area contributed by atoms with E-state index in [0.29, 0.717) is 5.88 Å². The fourth-order valence-corrected chi connectivity index (χ4v) is 3.32. The number of fused-ring (bicyclic) bond motifs is 1. The van der Waals surface area contributed by atoms with Crippen LogP contribution < -0.4 is 10.1 Å². The van der Waals surface area contributed by atoms with Gasteiger partial charge in [0.15, 0.2) is 0 Å². The van der Waals surface area contributed by atoms with Crippen molar-refractivity contribution in [2.45, 2.75) is 0 Å². The molecular weight excluding hydrogens is 390 g/mol. The van der Waals surface area contributed by atoms with E-state index in [9.17, 15) is 10.1 Å². The Kier molecular flexibility index (Phi) is 5.45. The molecule has 0 unspecified atom stereocenters. The molecule has 4 rings (SSSR count). The highest BCUT2D eigenvalue weighted by Gasteiger charge is 2.11. The van der Waals surface area contributed by atoms with Gasteiger partial charge in [-0.2, -0.15) is 5.26 Å². The number of nitrogens with zero attached hydrogens (tertiary/aromatic N) is 3. The molecule has 7 heteroatoms. The number of hydrogen-bond acceptors (Lipinski definition) is 5. The molecule has 2 N–H and O–H groups in total. The van der Waals surface area contributed by atoms with Gasteiger partial charge in [0.2, 0.25) is 5.88 Å². The smallest absolute Gasteiger partial charge is 0.261 e. The molecule has 1 aromatic carbocycles. The number of nitriles is 1. The van der Waals surface area contributed by atoms with Gasteiger partial charge in [-0.05, 0) is 35.4 Å². The first-order valence-corrected chi connectivity index (χ1v) is 9.55. The molecule has 3 aromatic heterocycles. The van der Waals surface area contributed by atoms with Crippen molar-refractivity contribution >= 4 is 23.0 Å². The number of benzene rings is 1. The maximum Gasteiger partial charge on any atom is 0.261 e. The number of aromatic amines is 1. The average molecular weight is 409 g/mol. The van der Waals surface area contributed by atoms with Gasteiger partial charge in [-0.15, -0.1) is 0 Å². The van der Waals surface area contributed by atoms with E-state index in [1.165, 1.54) is 7.05 Å². The van der Waals surface area contributed by atoms with Crippen LogP contribution in [-0.2, 0) is 4.79 Å². The van der Waals surface area contributed by atoms with Gasteiger partial charge in [-0.25, -0.2) is 9.97 Å². The van der Waals surface area contributed by atoms with Crippen LogP contribution in [0.2, 0.25) is 0 Å². The highest BCUT2D eigenvalue weighted by Crippen LogP contribution is 2.31. The van der Waals surface area contributed by atoms with E-state index < -0.39 is 5.91 Å². The third-order valence-corrected chi connectivity index (χ3v) is 4.91. The molecule has 0 atom stereocenters. The van der Waals surface area contributed by atoms with Gasteiger partial charge in [0.25, 0.3) is 5.91 Å². The molecule has 7 nitrogen and oxygen atoms in total. The summed E-state index contributed by atoms with van der Waals surface area (Å²) in [4.78, 5) is 23.8. The molecule has 1 amide bonds. The summed E-state index contributed by atoms with van der Waals surface area (Å²) in [6, 6.07) is 15.4. The highest BCUT2D eigenvalue weighted by atomic mass is 16.5. The zero-order chi connectivity index (χ0) is 21.8. The van der Waals surface area contributed by atoms with E-state index in [0.717, 1.165) is 38.9 Å². The lowest BCUT2D eigenvalue weighted by atomic mass is 10.0. The first-order chi connectivity index (χ1) is 15.1. The standard InChI is InChI=1S/C24H19N5O2/c1-26-24(30)18(11-25)9-15-4-3-5-16(8-15)19-10-20-21(14-29-23(20)28-13-19)17-6-7-22(31-2)27-12-17/h3-10,12-14H,1-2H3,(H,26,30)(H,28,29)/b18-9+. The molecule has 0 saturated carbocycles. The zero-order valence-corrected chi connectivity index (χ0v) is 17.0. The van der Waals surface area contributed by atoms with Crippen molar-refractivity contribution in [3.05, 3.63) is 72.2 Å². The van der Waals surface area contributed by atoms with Crippen LogP contribution >= 0.6 is 0 Å². The first-order valence-electron chi connectivity index (χ1n) is 9.55. The Morgan fingerprint density at radius 2 is 1.97 bits per heavy atom. The van der Waals surface area contributed by atoms with Gasteiger partial charge >= 0.3 is 0 Å². The van der Waals surface area contributed by atoms with Crippen LogP contribution in [-0.4, -0.2) is 35.0 Å². The molecule has 3 heterocycles. The van der Waals surface area contributed by atoms with Crippen molar-refractivity contribution in [2.75, 3.05) is 14.2 Å². The fraction of sp³-hybridized carbons (Fsp3) is 0.0833. The summed E-state index contributed by atoms with van der Waals surface area (Å²) in [6.45, 7) is 0. The number of hydrogen-bond donors (Lipinski definition) is 2. The number of nitrogens with one attached hydrogen (secondary N) is 2. The van der Waals surface area contributed by atoms with Crippen LogP contribution in [0.1, 0.15) is 5.56 Å². The number of carbonyl (C=O) groups is 1. The Hall–Kier alpha value is -4.44. The lowest BCUT2D eigenvalue weighted by molar-refractivity contribution is -0.116. The molecule has 0 radical (unpaired) electrons. The van der Waals surface area contributed by atoms with Gasteiger partial charge in [0, 0.05) is 53.8 Å². The highest BCUT2D eigenvalue weighted by molar-refractivity contribution is 6.01. The lowest BCUT2D eigenvalue weighted by Crippen LogP contribution is -2.19. The van der Waals surface area contributed by atoms with Gasteiger partial charge in [-0.3, -0.25) is 4.79 Å². The first kappa shape index (κ1) is 19.9. The predicted octanol–water partition coefficient (Wildman–Crippen LogP) is 3.95. The van der Waals surface area contributed by atoms with E-state index in [2.05, 4.69) is 26.3 Å². The molecule has 0 aliphatic carbocycles. The molecule has 0 spiro atoms. The number of carbonyl (C=O) groups excluding carboxylic acids is 1. The van der Waals surface area contributed by atoms with Gasteiger partial charge < -0.3 is 15.0 Å². The largest absolute Gasteiger partial charge is 0.481 e. The van der Waals surface area contributed by atoms with Gasteiger partial charge in [0.05, 0.1) is 7.11 Å². The van der Waals surface area contributed by atoms with Crippen molar-refractivity contribution in [1.82, 2.24) is 20.3 Å². The van der Waals surface area contributed by atoms with Crippen molar-refractivity contribution in [3.63, 3.8) is 0 Å².